The third-order valence-corrected chi connectivity index (χ3v) is 12.5. The highest BCUT2D eigenvalue weighted by Crippen LogP contribution is 2.41. The summed E-state index contributed by atoms with van der Waals surface area (Å²) in [7, 11) is 0. The van der Waals surface area contributed by atoms with Crippen LogP contribution in [0.2, 0.25) is 0 Å². The van der Waals surface area contributed by atoms with Crippen LogP contribution in [-0.4, -0.2) is 76.1 Å². The first-order chi connectivity index (χ1) is 35.4. The average Bonchev–Trinajstić information content (AvgIpc) is 4.06. The molecule has 374 valence electrons. The number of alkyl carbamates (subject to hydrolysis) is 1. The molecule has 0 radical (unpaired) electrons. The Morgan fingerprint density at radius 2 is 1.32 bits per heavy atom. The number of nitrogens with zero attached hydrogens (tertiary/aromatic N) is 4. The van der Waals surface area contributed by atoms with E-state index in [4.69, 9.17) is 29.8 Å². The van der Waals surface area contributed by atoms with Crippen molar-refractivity contribution >= 4 is 46.2 Å². The van der Waals surface area contributed by atoms with Crippen LogP contribution in [0.15, 0.2) is 185 Å². The standard InChI is InChI=1S/C57H57N7O8S/c1-56(2,3)71-55(68)60-33-19-32-59-53(58)64-35-41-30-31-46(34-42(41)36-64)69-37-48(52(67)70-50(39-20-9-4-10-21-39)40-22-11-5-12-23-40)72-63-49(51(65)66)47-38-73-54(61-47)62-57(43-24-13-6-14-25-43,44-26-15-7-16-27-44)45-28-17-8-18-29-45/h4-18,20-31,34,38,48,50H,19,32-33,35-37H2,1-3H3,(H2,58,59)(H,60,68)(H,61,62)(H,65,66)/b63-49-/t48-/m0/s1. The summed E-state index contributed by atoms with van der Waals surface area (Å²) in [6.45, 7) is 6.78. The largest absolute Gasteiger partial charge is 0.489 e. The van der Waals surface area contributed by atoms with E-state index in [-0.39, 0.29) is 5.69 Å². The number of hydrogen-bond acceptors (Lipinski definition) is 12. The van der Waals surface area contributed by atoms with Gasteiger partial charge < -0.3 is 45.4 Å². The molecule has 0 saturated heterocycles. The van der Waals surface area contributed by atoms with Crippen LogP contribution in [0.4, 0.5) is 9.93 Å². The van der Waals surface area contributed by atoms with Gasteiger partial charge in [0.15, 0.2) is 17.2 Å². The number of nitrogens with two attached hydrogens (primary N) is 1. The number of anilines is 1. The molecule has 1 aliphatic rings. The van der Waals surface area contributed by atoms with Gasteiger partial charge in [-0.15, -0.1) is 11.3 Å². The number of ether oxygens (including phenoxy) is 3. The Balaban J connectivity index is 1.03. The van der Waals surface area contributed by atoms with Crippen molar-refractivity contribution in [1.82, 2.24) is 15.2 Å². The first-order valence-electron chi connectivity index (χ1n) is 23.8. The van der Waals surface area contributed by atoms with E-state index in [9.17, 15) is 19.5 Å². The molecule has 0 spiro atoms. The van der Waals surface area contributed by atoms with Crippen LogP contribution in [0.25, 0.3) is 0 Å². The summed E-state index contributed by atoms with van der Waals surface area (Å²) in [6, 6.07) is 53.9. The van der Waals surface area contributed by atoms with E-state index in [1.165, 1.54) is 11.3 Å². The average molecular weight is 1000 g/mol. The predicted molar refractivity (Wildman–Crippen MR) is 281 cm³/mol. The first-order valence-corrected chi connectivity index (χ1v) is 24.7. The lowest BCUT2D eigenvalue weighted by molar-refractivity contribution is -0.163. The Morgan fingerprint density at radius 3 is 1.86 bits per heavy atom. The van der Waals surface area contributed by atoms with Crippen LogP contribution in [-0.2, 0) is 42.5 Å². The van der Waals surface area contributed by atoms with Crippen molar-refractivity contribution < 1.29 is 38.5 Å². The van der Waals surface area contributed by atoms with Gasteiger partial charge in [-0.3, -0.25) is 4.99 Å². The number of esters is 1. The van der Waals surface area contributed by atoms with Crippen LogP contribution in [0.3, 0.4) is 0 Å². The van der Waals surface area contributed by atoms with Crippen molar-refractivity contribution in [3.05, 3.63) is 220 Å². The summed E-state index contributed by atoms with van der Waals surface area (Å²) in [4.78, 5) is 56.6. The van der Waals surface area contributed by atoms with Gasteiger partial charge in [-0.2, -0.15) is 0 Å². The molecule has 2 heterocycles. The third kappa shape index (κ3) is 13.1. The lowest BCUT2D eigenvalue weighted by atomic mass is 9.77. The number of carbonyl (C=O) groups excluding carboxylic acids is 2. The highest BCUT2D eigenvalue weighted by atomic mass is 32.1. The highest BCUT2D eigenvalue weighted by Gasteiger charge is 2.38. The SMILES string of the molecule is CC(C)(C)OC(=O)NCCCN=C(N)N1Cc2ccc(OC[C@H](O/N=C(\C(=O)O)c3csc(NC(c4ccccc4)(c4ccccc4)c4ccccc4)n3)C(=O)OC(c3ccccc3)c3ccccc3)cc2C1. The monoisotopic (exact) mass is 999 g/mol. The lowest BCUT2D eigenvalue weighted by Gasteiger charge is -2.36. The zero-order valence-corrected chi connectivity index (χ0v) is 41.5. The molecule has 0 unspecified atom stereocenters. The summed E-state index contributed by atoms with van der Waals surface area (Å²) in [5.41, 5.74) is 10.5. The van der Waals surface area contributed by atoms with E-state index >= 15 is 0 Å². The number of fused-ring (bicyclic) bond motifs is 1. The van der Waals surface area contributed by atoms with Crippen LogP contribution in [0.1, 0.15) is 77.9 Å². The number of carboxylic acid groups (broad SMARTS) is 1. The molecule has 1 atom stereocenters. The number of aliphatic carboxylic acids is 1. The number of thiazole rings is 1. The fourth-order valence-electron chi connectivity index (χ4n) is 8.28. The Kier molecular flexibility index (Phi) is 16.5. The zero-order chi connectivity index (χ0) is 51.2. The van der Waals surface area contributed by atoms with Gasteiger partial charge in [-0.1, -0.05) is 163 Å². The van der Waals surface area contributed by atoms with Crippen molar-refractivity contribution in [1.29, 1.82) is 0 Å². The normalized spacial score (nSPS) is 13.2. The topological polar surface area (TPSA) is 199 Å². The number of aliphatic imine (C=N–C) groups is 1. The molecule has 16 heteroatoms. The Bertz CT molecular complexity index is 2870. The van der Waals surface area contributed by atoms with E-state index in [0.717, 1.165) is 27.8 Å². The Hall–Kier alpha value is -8.50. The number of carboxylic acids is 1. The molecule has 0 aliphatic carbocycles. The van der Waals surface area contributed by atoms with Crippen LogP contribution < -0.4 is 21.1 Å². The fraction of sp³-hybridized carbons (Fsp3) is 0.228. The molecule has 5 N–H and O–H groups in total. The van der Waals surface area contributed by atoms with Gasteiger partial charge in [0.2, 0.25) is 5.71 Å². The van der Waals surface area contributed by atoms with Crippen LogP contribution in [0, 0.1) is 0 Å². The number of hydrogen-bond donors (Lipinski definition) is 4. The van der Waals surface area contributed by atoms with Gasteiger partial charge in [0.25, 0.3) is 6.10 Å². The number of nitrogens with one attached hydrogen (secondary N) is 2. The highest BCUT2D eigenvalue weighted by molar-refractivity contribution is 7.14. The molecular weight excluding hydrogens is 943 g/mol. The number of carbonyl (C=O) groups is 3. The van der Waals surface area contributed by atoms with Crippen molar-refractivity contribution in [2.45, 2.75) is 63.6 Å². The van der Waals surface area contributed by atoms with Gasteiger partial charge >= 0.3 is 18.0 Å². The second-order valence-electron chi connectivity index (χ2n) is 18.1. The predicted octanol–water partition coefficient (Wildman–Crippen LogP) is 9.68. The van der Waals surface area contributed by atoms with Crippen molar-refractivity contribution in [3.63, 3.8) is 0 Å². The van der Waals surface area contributed by atoms with Gasteiger partial charge in [0, 0.05) is 31.6 Å². The molecule has 1 amide bonds. The molecule has 0 fully saturated rings. The summed E-state index contributed by atoms with van der Waals surface area (Å²) in [5, 5.41) is 23.1. The summed E-state index contributed by atoms with van der Waals surface area (Å²) in [5.74, 6) is -1.50. The van der Waals surface area contributed by atoms with Crippen molar-refractivity contribution in [2.24, 2.45) is 15.9 Å². The summed E-state index contributed by atoms with van der Waals surface area (Å²) in [6.07, 6.45) is -2.30. The Morgan fingerprint density at radius 1 is 0.767 bits per heavy atom. The molecule has 0 bridgehead atoms. The van der Waals surface area contributed by atoms with Gasteiger partial charge in [0.1, 0.15) is 29.2 Å². The number of aromatic nitrogens is 1. The fourth-order valence-corrected chi connectivity index (χ4v) is 9.03. The van der Waals surface area contributed by atoms with E-state index < -0.39 is 53.7 Å². The molecule has 6 aromatic carbocycles. The minimum atomic E-state index is -1.54. The number of guanidine groups is 1. The zero-order valence-electron chi connectivity index (χ0n) is 40.7. The minimum Gasteiger partial charge on any atom is -0.489 e. The van der Waals surface area contributed by atoms with Crippen molar-refractivity contribution in [2.75, 3.05) is 25.0 Å². The molecule has 8 rings (SSSR count). The van der Waals surface area contributed by atoms with Gasteiger partial charge in [0.05, 0.1) is 0 Å². The van der Waals surface area contributed by atoms with Crippen LogP contribution in [0.5, 0.6) is 5.75 Å². The van der Waals surface area contributed by atoms with E-state index in [1.807, 2.05) is 169 Å². The number of amides is 1. The molecule has 1 aliphatic heterocycles. The van der Waals surface area contributed by atoms with Gasteiger partial charge in [-0.05, 0) is 78.3 Å². The first kappa shape index (κ1) is 50.9. The molecular formula is C57H57N7O8S. The molecule has 7 aromatic rings. The maximum absolute atomic E-state index is 14.4. The summed E-state index contributed by atoms with van der Waals surface area (Å²) < 4.78 is 17.7. The summed E-state index contributed by atoms with van der Waals surface area (Å²) >= 11 is 1.20. The second kappa shape index (κ2) is 23.6. The molecule has 73 heavy (non-hydrogen) atoms. The second-order valence-corrected chi connectivity index (χ2v) is 19.0. The lowest BCUT2D eigenvalue weighted by Crippen LogP contribution is -2.38. The molecule has 1 aromatic heterocycles. The minimum absolute atomic E-state index is 0.00558. The smallest absolute Gasteiger partial charge is 0.407 e. The van der Waals surface area contributed by atoms with Crippen molar-refractivity contribution in [3.8, 4) is 5.75 Å². The molecule has 15 nitrogen and oxygen atoms in total. The Labute approximate surface area is 428 Å². The third-order valence-electron chi connectivity index (χ3n) is 11.7. The van der Waals surface area contributed by atoms with Gasteiger partial charge in [-0.25, -0.2) is 19.4 Å². The number of rotatable bonds is 20. The maximum Gasteiger partial charge on any atom is 0.407 e. The number of benzene rings is 6. The van der Waals surface area contributed by atoms with E-state index in [0.29, 0.717) is 60.6 Å². The molecule has 0 saturated carbocycles. The maximum atomic E-state index is 14.4. The van der Waals surface area contributed by atoms with E-state index in [1.54, 1.807) is 32.2 Å². The quantitative estimate of drug-likeness (QED) is 0.0141. The van der Waals surface area contributed by atoms with E-state index in [2.05, 4.69) is 20.8 Å². The van der Waals surface area contributed by atoms with Crippen LogP contribution >= 0.6 is 11.3 Å². The number of oxime groups is 1.